The van der Waals surface area contributed by atoms with Crippen LogP contribution in [0.2, 0.25) is 0 Å². The quantitative estimate of drug-likeness (QED) is 0.871. The number of hydrogen-bond donors (Lipinski definition) is 2. The molecule has 1 fully saturated rings. The maximum atomic E-state index is 13.0. The molecule has 26 heavy (non-hydrogen) atoms. The number of urea groups is 1. The summed E-state index contributed by atoms with van der Waals surface area (Å²) < 4.78 is 40.7. The zero-order valence-electron chi connectivity index (χ0n) is 13.8. The molecule has 2 heterocycles. The Morgan fingerprint density at radius 2 is 1.96 bits per heavy atom. The lowest BCUT2D eigenvalue weighted by Crippen LogP contribution is -2.41. The fourth-order valence-electron chi connectivity index (χ4n) is 2.93. The predicted octanol–water partition coefficient (Wildman–Crippen LogP) is 2.66. The van der Waals surface area contributed by atoms with Crippen LogP contribution in [0.3, 0.4) is 0 Å². The van der Waals surface area contributed by atoms with E-state index in [0.29, 0.717) is 31.6 Å². The van der Waals surface area contributed by atoms with Gasteiger partial charge in [0.2, 0.25) is 0 Å². The number of aromatic nitrogens is 3. The van der Waals surface area contributed by atoms with Gasteiger partial charge in [0.1, 0.15) is 5.69 Å². The van der Waals surface area contributed by atoms with E-state index in [9.17, 15) is 18.0 Å². The van der Waals surface area contributed by atoms with Crippen molar-refractivity contribution in [3.8, 4) is 0 Å². The maximum absolute atomic E-state index is 13.0. The fourth-order valence-corrected chi connectivity index (χ4v) is 2.93. The van der Waals surface area contributed by atoms with Crippen LogP contribution >= 0.6 is 0 Å². The van der Waals surface area contributed by atoms with Crippen LogP contribution in [-0.4, -0.2) is 44.1 Å². The first kappa shape index (κ1) is 18.2. The molecular weight excluding hydrogens is 351 g/mol. The molecule has 0 bridgehead atoms. The Morgan fingerprint density at radius 3 is 2.58 bits per heavy atom. The molecule has 3 rings (SSSR count). The number of aliphatic hydroxyl groups is 1. The largest absolute Gasteiger partial charge is 0.418 e. The monoisotopic (exact) mass is 369 g/mol. The molecule has 10 heteroatoms. The summed E-state index contributed by atoms with van der Waals surface area (Å²) in [5, 5.41) is 19.1. The van der Waals surface area contributed by atoms with E-state index >= 15 is 0 Å². The number of amides is 2. The van der Waals surface area contributed by atoms with Gasteiger partial charge in [0.25, 0.3) is 0 Å². The summed E-state index contributed by atoms with van der Waals surface area (Å²) in [6, 6.07) is 4.37. The number of nitrogens with zero attached hydrogens (tertiary/aromatic N) is 4. The Kier molecular flexibility index (Phi) is 5.12. The van der Waals surface area contributed by atoms with Crippen molar-refractivity contribution in [1.82, 2.24) is 19.9 Å². The molecule has 0 unspecified atom stereocenters. The molecule has 1 aliphatic rings. The van der Waals surface area contributed by atoms with Crippen molar-refractivity contribution >= 4 is 11.7 Å². The summed E-state index contributed by atoms with van der Waals surface area (Å²) in [4.78, 5) is 13.8. The molecule has 2 N–H and O–H groups in total. The highest BCUT2D eigenvalue weighted by Crippen LogP contribution is 2.34. The number of rotatable bonds is 3. The van der Waals surface area contributed by atoms with Gasteiger partial charge in [-0.3, -0.25) is 0 Å². The van der Waals surface area contributed by atoms with Gasteiger partial charge in [-0.15, -0.1) is 5.10 Å². The van der Waals surface area contributed by atoms with Crippen molar-refractivity contribution in [2.45, 2.75) is 31.7 Å². The smallest absolute Gasteiger partial charge is 0.390 e. The normalized spacial score (nSPS) is 15.9. The molecule has 0 saturated carbocycles. The number of carbonyl (C=O) groups is 1. The number of para-hydroxylation sites is 1. The van der Waals surface area contributed by atoms with Crippen LogP contribution in [0.15, 0.2) is 30.5 Å². The number of hydrogen-bond acceptors (Lipinski definition) is 4. The lowest BCUT2D eigenvalue weighted by molar-refractivity contribution is -0.136. The first-order valence-electron chi connectivity index (χ1n) is 8.12. The number of nitrogens with one attached hydrogen (secondary N) is 1. The predicted molar refractivity (Wildman–Crippen MR) is 86.3 cm³/mol. The molecule has 1 aliphatic heterocycles. The Labute approximate surface area is 147 Å². The molecule has 140 valence electrons. The minimum Gasteiger partial charge on any atom is -0.390 e. The molecule has 0 radical (unpaired) electrons. The molecule has 0 aliphatic carbocycles. The van der Waals surface area contributed by atoms with Crippen LogP contribution in [0.1, 0.15) is 30.1 Å². The van der Waals surface area contributed by atoms with Crippen LogP contribution in [-0.2, 0) is 12.8 Å². The average molecular weight is 369 g/mol. The lowest BCUT2D eigenvalue weighted by Gasteiger charge is -2.32. The molecule has 1 aromatic carbocycles. The lowest BCUT2D eigenvalue weighted by atomic mass is 10.1. The highest BCUT2D eigenvalue weighted by molar-refractivity contribution is 5.90. The van der Waals surface area contributed by atoms with Gasteiger partial charge in [0, 0.05) is 13.1 Å². The minimum absolute atomic E-state index is 0.0364. The maximum Gasteiger partial charge on any atom is 0.418 e. The summed E-state index contributed by atoms with van der Waals surface area (Å²) in [5.41, 5.74) is -0.660. The van der Waals surface area contributed by atoms with Crippen LogP contribution in [0.25, 0.3) is 0 Å². The molecular formula is C16H18F3N5O2. The molecule has 2 amide bonds. The van der Waals surface area contributed by atoms with Gasteiger partial charge in [0.05, 0.1) is 30.1 Å². The van der Waals surface area contributed by atoms with E-state index in [1.807, 2.05) is 0 Å². The SMILES string of the molecule is O=C(Nc1ccccc1C(F)(F)F)N1CCC(n2cc(CO)nn2)CC1. The highest BCUT2D eigenvalue weighted by atomic mass is 19.4. The van der Waals surface area contributed by atoms with E-state index in [1.165, 1.54) is 23.1 Å². The van der Waals surface area contributed by atoms with Gasteiger partial charge >= 0.3 is 12.2 Å². The van der Waals surface area contributed by atoms with E-state index in [4.69, 9.17) is 5.11 Å². The Morgan fingerprint density at radius 1 is 1.27 bits per heavy atom. The second-order valence-corrected chi connectivity index (χ2v) is 6.04. The standard InChI is InChI=1S/C16H18F3N5O2/c17-16(18,19)13-3-1-2-4-14(13)20-15(26)23-7-5-12(6-8-23)24-9-11(10-25)21-22-24/h1-4,9,12,25H,5-8,10H2,(H,20,26). The third kappa shape index (κ3) is 3.96. The van der Waals surface area contributed by atoms with Crippen LogP contribution < -0.4 is 5.32 Å². The molecule has 0 spiro atoms. The molecule has 1 aromatic heterocycles. The van der Waals surface area contributed by atoms with Crippen LogP contribution in [0.5, 0.6) is 0 Å². The van der Waals surface area contributed by atoms with Crippen molar-refractivity contribution < 1.29 is 23.1 Å². The number of aliphatic hydroxyl groups excluding tert-OH is 1. The summed E-state index contributed by atoms with van der Waals surface area (Å²) in [5.74, 6) is 0. The second kappa shape index (κ2) is 7.32. The minimum atomic E-state index is -4.53. The number of likely N-dealkylation sites (tertiary alicyclic amines) is 1. The van der Waals surface area contributed by atoms with E-state index in [-0.39, 0.29) is 18.3 Å². The van der Waals surface area contributed by atoms with E-state index in [1.54, 1.807) is 10.9 Å². The summed E-state index contributed by atoms with van der Waals surface area (Å²) in [7, 11) is 0. The topological polar surface area (TPSA) is 83.3 Å². The van der Waals surface area contributed by atoms with Crippen molar-refractivity contribution in [3.05, 3.63) is 41.7 Å². The number of carbonyl (C=O) groups excluding carboxylic acids is 1. The zero-order valence-corrected chi connectivity index (χ0v) is 13.8. The van der Waals surface area contributed by atoms with Crippen LogP contribution in [0.4, 0.5) is 23.7 Å². The first-order valence-corrected chi connectivity index (χ1v) is 8.12. The number of piperidine rings is 1. The second-order valence-electron chi connectivity index (χ2n) is 6.04. The Hall–Kier alpha value is -2.62. The third-order valence-corrected chi connectivity index (χ3v) is 4.32. The number of alkyl halides is 3. The average Bonchev–Trinajstić information content (AvgIpc) is 3.10. The number of halogens is 3. The van der Waals surface area contributed by atoms with Crippen molar-refractivity contribution in [3.63, 3.8) is 0 Å². The van der Waals surface area contributed by atoms with Gasteiger partial charge < -0.3 is 15.3 Å². The van der Waals surface area contributed by atoms with Crippen molar-refractivity contribution in [1.29, 1.82) is 0 Å². The van der Waals surface area contributed by atoms with E-state index < -0.39 is 17.8 Å². The van der Waals surface area contributed by atoms with E-state index in [2.05, 4.69) is 15.6 Å². The number of benzene rings is 1. The van der Waals surface area contributed by atoms with Gasteiger partial charge in [0.15, 0.2) is 0 Å². The zero-order chi connectivity index (χ0) is 18.7. The van der Waals surface area contributed by atoms with Gasteiger partial charge in [-0.05, 0) is 25.0 Å². The fraction of sp³-hybridized carbons (Fsp3) is 0.438. The molecule has 2 aromatic rings. The van der Waals surface area contributed by atoms with E-state index in [0.717, 1.165) is 6.07 Å². The van der Waals surface area contributed by atoms with Crippen molar-refractivity contribution in [2.24, 2.45) is 0 Å². The Bertz CT molecular complexity index is 769. The third-order valence-electron chi connectivity index (χ3n) is 4.32. The van der Waals surface area contributed by atoms with Gasteiger partial charge in [-0.2, -0.15) is 13.2 Å². The van der Waals surface area contributed by atoms with Crippen molar-refractivity contribution in [2.75, 3.05) is 18.4 Å². The summed E-state index contributed by atoms with van der Waals surface area (Å²) in [6.07, 6.45) is -1.68. The molecule has 1 saturated heterocycles. The van der Waals surface area contributed by atoms with Gasteiger partial charge in [-0.1, -0.05) is 17.3 Å². The summed E-state index contributed by atoms with van der Waals surface area (Å²) >= 11 is 0. The summed E-state index contributed by atoms with van der Waals surface area (Å²) in [6.45, 7) is 0.581. The first-order chi connectivity index (χ1) is 12.4. The molecule has 7 nitrogen and oxygen atoms in total. The van der Waals surface area contributed by atoms with Gasteiger partial charge in [-0.25, -0.2) is 9.48 Å². The number of anilines is 1. The van der Waals surface area contributed by atoms with Crippen LogP contribution in [0, 0.1) is 0 Å². The highest BCUT2D eigenvalue weighted by Gasteiger charge is 2.34. The Balaban J connectivity index is 1.61. The molecule has 0 atom stereocenters.